The van der Waals surface area contributed by atoms with E-state index in [4.69, 9.17) is 0 Å². The lowest BCUT2D eigenvalue weighted by molar-refractivity contribution is 0.0965. The third kappa shape index (κ3) is 6.77. The van der Waals surface area contributed by atoms with Crippen molar-refractivity contribution >= 4 is 0 Å². The molecule has 128 valence electrons. The van der Waals surface area contributed by atoms with E-state index in [1.807, 2.05) is 26.8 Å². The SMILES string of the molecule is CC#CCC/C=C(\C)C(O)C/C=C/CCC1=C(C)CCC1(C)O. The molecule has 2 heteroatoms. The fourth-order valence-corrected chi connectivity index (χ4v) is 3.06. The summed E-state index contributed by atoms with van der Waals surface area (Å²) < 4.78 is 0. The standard InChI is InChI=1S/C21H32O2/c1-5-6-7-9-12-18(3)20(22)14-11-8-10-13-19-17(2)15-16-21(19,4)23/h8,11-12,20,22-23H,7,9-10,13-16H2,1-4H3/b11-8+,18-12+. The van der Waals surface area contributed by atoms with Crippen molar-refractivity contribution in [1.29, 1.82) is 0 Å². The van der Waals surface area contributed by atoms with Crippen molar-refractivity contribution in [3.05, 3.63) is 34.9 Å². The predicted octanol–water partition coefficient (Wildman–Crippen LogP) is 4.68. The van der Waals surface area contributed by atoms with Crippen LogP contribution in [0.5, 0.6) is 0 Å². The van der Waals surface area contributed by atoms with E-state index in [1.165, 1.54) is 11.1 Å². The van der Waals surface area contributed by atoms with E-state index in [9.17, 15) is 10.2 Å². The zero-order chi connectivity index (χ0) is 17.3. The van der Waals surface area contributed by atoms with Gasteiger partial charge in [-0.1, -0.05) is 23.8 Å². The summed E-state index contributed by atoms with van der Waals surface area (Å²) in [6.45, 7) is 7.87. The van der Waals surface area contributed by atoms with Crippen LogP contribution in [0.2, 0.25) is 0 Å². The van der Waals surface area contributed by atoms with Crippen LogP contribution in [0.15, 0.2) is 34.9 Å². The van der Waals surface area contributed by atoms with E-state index < -0.39 is 11.7 Å². The van der Waals surface area contributed by atoms with Crippen LogP contribution in [0, 0.1) is 11.8 Å². The van der Waals surface area contributed by atoms with Crippen molar-refractivity contribution in [2.75, 3.05) is 0 Å². The molecule has 1 rings (SSSR count). The van der Waals surface area contributed by atoms with Crippen LogP contribution in [-0.2, 0) is 0 Å². The summed E-state index contributed by atoms with van der Waals surface area (Å²) in [4.78, 5) is 0. The summed E-state index contributed by atoms with van der Waals surface area (Å²) in [5.41, 5.74) is 2.95. The van der Waals surface area contributed by atoms with Crippen LogP contribution >= 0.6 is 0 Å². The van der Waals surface area contributed by atoms with E-state index in [0.717, 1.165) is 44.1 Å². The summed E-state index contributed by atoms with van der Waals surface area (Å²) in [7, 11) is 0. The molecule has 2 nitrogen and oxygen atoms in total. The lowest BCUT2D eigenvalue weighted by Crippen LogP contribution is -2.22. The van der Waals surface area contributed by atoms with Crippen molar-refractivity contribution in [3.8, 4) is 11.8 Å². The molecule has 2 atom stereocenters. The highest BCUT2D eigenvalue weighted by atomic mass is 16.3. The second-order valence-electron chi connectivity index (χ2n) is 6.71. The van der Waals surface area contributed by atoms with Gasteiger partial charge in [0.05, 0.1) is 11.7 Å². The third-order valence-electron chi connectivity index (χ3n) is 4.68. The first-order chi connectivity index (χ1) is 10.9. The maximum atomic E-state index is 10.3. The summed E-state index contributed by atoms with van der Waals surface area (Å²) in [6, 6.07) is 0. The van der Waals surface area contributed by atoms with Gasteiger partial charge in [-0.25, -0.2) is 0 Å². The molecule has 0 saturated heterocycles. The second kappa shape index (κ2) is 9.75. The van der Waals surface area contributed by atoms with Gasteiger partial charge in [0.25, 0.3) is 0 Å². The molecule has 0 fully saturated rings. The minimum atomic E-state index is -0.613. The Labute approximate surface area is 142 Å². The molecule has 0 radical (unpaired) electrons. The van der Waals surface area contributed by atoms with E-state index in [1.54, 1.807) is 0 Å². The highest BCUT2D eigenvalue weighted by Gasteiger charge is 2.31. The number of unbranched alkanes of at least 4 members (excludes halogenated alkanes) is 1. The Morgan fingerprint density at radius 1 is 1.35 bits per heavy atom. The molecule has 0 aromatic heterocycles. The quantitative estimate of drug-likeness (QED) is 0.387. The van der Waals surface area contributed by atoms with E-state index in [2.05, 4.69) is 30.9 Å². The molecule has 1 aliphatic carbocycles. The number of aliphatic hydroxyl groups is 2. The average Bonchev–Trinajstić information content (AvgIpc) is 2.77. The maximum Gasteiger partial charge on any atom is 0.0834 e. The summed E-state index contributed by atoms with van der Waals surface area (Å²) in [5, 5.41) is 20.4. The molecular weight excluding hydrogens is 284 g/mol. The monoisotopic (exact) mass is 316 g/mol. The molecule has 0 saturated carbocycles. The molecule has 0 aromatic rings. The fraction of sp³-hybridized carbons (Fsp3) is 0.619. The van der Waals surface area contributed by atoms with Crippen molar-refractivity contribution in [1.82, 2.24) is 0 Å². The largest absolute Gasteiger partial charge is 0.388 e. The van der Waals surface area contributed by atoms with Crippen molar-refractivity contribution in [2.45, 2.75) is 84.3 Å². The molecule has 1 aliphatic rings. The molecule has 0 heterocycles. The zero-order valence-electron chi connectivity index (χ0n) is 15.2. The minimum absolute atomic E-state index is 0.406. The van der Waals surface area contributed by atoms with Crippen LogP contribution in [0.3, 0.4) is 0 Å². The van der Waals surface area contributed by atoms with Crippen LogP contribution in [-0.4, -0.2) is 21.9 Å². The van der Waals surface area contributed by atoms with E-state index in [0.29, 0.717) is 6.42 Å². The molecule has 2 unspecified atom stereocenters. The summed E-state index contributed by atoms with van der Waals surface area (Å²) in [5.74, 6) is 5.90. The Morgan fingerprint density at radius 3 is 2.70 bits per heavy atom. The Hall–Kier alpha value is -1.30. The highest BCUT2D eigenvalue weighted by Crippen LogP contribution is 2.37. The van der Waals surface area contributed by atoms with Gasteiger partial charge in [-0.15, -0.1) is 11.8 Å². The van der Waals surface area contributed by atoms with Gasteiger partial charge in [-0.3, -0.25) is 0 Å². The lowest BCUT2D eigenvalue weighted by Gasteiger charge is -2.21. The van der Waals surface area contributed by atoms with Crippen molar-refractivity contribution in [2.24, 2.45) is 0 Å². The molecule has 23 heavy (non-hydrogen) atoms. The second-order valence-corrected chi connectivity index (χ2v) is 6.71. The van der Waals surface area contributed by atoms with E-state index >= 15 is 0 Å². The average molecular weight is 316 g/mol. The Balaban J connectivity index is 2.33. The van der Waals surface area contributed by atoms with Gasteiger partial charge in [0.1, 0.15) is 0 Å². The first kappa shape index (κ1) is 19.7. The van der Waals surface area contributed by atoms with Gasteiger partial charge in [0.2, 0.25) is 0 Å². The Morgan fingerprint density at radius 2 is 2.09 bits per heavy atom. The lowest BCUT2D eigenvalue weighted by atomic mass is 9.93. The smallest absolute Gasteiger partial charge is 0.0834 e. The minimum Gasteiger partial charge on any atom is -0.388 e. The molecular formula is C21H32O2. The number of aliphatic hydroxyl groups excluding tert-OH is 1. The van der Waals surface area contributed by atoms with Crippen LogP contribution in [0.1, 0.15) is 72.6 Å². The van der Waals surface area contributed by atoms with Gasteiger partial charge >= 0.3 is 0 Å². The Bertz CT molecular complexity index is 524. The molecule has 0 amide bonds. The zero-order valence-corrected chi connectivity index (χ0v) is 15.2. The van der Waals surface area contributed by atoms with Crippen LogP contribution in [0.25, 0.3) is 0 Å². The van der Waals surface area contributed by atoms with Crippen LogP contribution in [0.4, 0.5) is 0 Å². The topological polar surface area (TPSA) is 40.5 Å². The van der Waals surface area contributed by atoms with Gasteiger partial charge in [-0.2, -0.15) is 0 Å². The summed E-state index contributed by atoms with van der Waals surface area (Å²) in [6.07, 6.45) is 11.9. The molecule has 0 bridgehead atoms. The molecule has 0 spiro atoms. The van der Waals surface area contributed by atoms with Gasteiger partial charge in [0, 0.05) is 6.42 Å². The molecule has 2 N–H and O–H groups in total. The first-order valence-electron chi connectivity index (χ1n) is 8.69. The maximum absolute atomic E-state index is 10.3. The predicted molar refractivity (Wildman–Crippen MR) is 98.0 cm³/mol. The van der Waals surface area contributed by atoms with E-state index in [-0.39, 0.29) is 0 Å². The number of hydrogen-bond donors (Lipinski definition) is 2. The number of rotatable bonds is 8. The Kier molecular flexibility index (Phi) is 8.37. The van der Waals surface area contributed by atoms with Gasteiger partial charge < -0.3 is 10.2 Å². The molecule has 0 aliphatic heterocycles. The van der Waals surface area contributed by atoms with Crippen molar-refractivity contribution < 1.29 is 10.2 Å². The molecule has 0 aromatic carbocycles. The van der Waals surface area contributed by atoms with Gasteiger partial charge in [0.15, 0.2) is 0 Å². The fourth-order valence-electron chi connectivity index (χ4n) is 3.06. The van der Waals surface area contributed by atoms with Crippen LogP contribution < -0.4 is 0 Å². The number of allylic oxidation sites excluding steroid dienone is 3. The normalized spacial score (nSPS) is 23.3. The van der Waals surface area contributed by atoms with Gasteiger partial charge in [-0.05, 0) is 77.4 Å². The number of hydrogen-bond acceptors (Lipinski definition) is 2. The third-order valence-corrected chi connectivity index (χ3v) is 4.68. The first-order valence-corrected chi connectivity index (χ1v) is 8.69. The van der Waals surface area contributed by atoms with Crippen molar-refractivity contribution in [3.63, 3.8) is 0 Å². The summed E-state index contributed by atoms with van der Waals surface area (Å²) >= 11 is 0. The highest BCUT2D eigenvalue weighted by molar-refractivity contribution is 5.28.